The zero-order valence-electron chi connectivity index (χ0n) is 15.4. The highest BCUT2D eigenvalue weighted by atomic mass is 16.6. The van der Waals surface area contributed by atoms with Crippen LogP contribution in [0.5, 0.6) is 0 Å². The van der Waals surface area contributed by atoms with Crippen LogP contribution in [0.15, 0.2) is 71.4 Å². The first-order valence-electron chi connectivity index (χ1n) is 8.76. The third kappa shape index (κ3) is 2.73. The second-order valence-electron chi connectivity index (χ2n) is 6.56. The zero-order valence-corrected chi connectivity index (χ0v) is 15.4. The van der Waals surface area contributed by atoms with Crippen LogP contribution in [0.3, 0.4) is 0 Å². The summed E-state index contributed by atoms with van der Waals surface area (Å²) in [6.07, 6.45) is 0. The summed E-state index contributed by atoms with van der Waals surface area (Å²) in [6.45, 7) is 0. The van der Waals surface area contributed by atoms with Crippen LogP contribution in [-0.4, -0.2) is 28.5 Å². The first kappa shape index (κ1) is 19.0. The molecule has 0 spiro atoms. The lowest BCUT2D eigenvalue weighted by Gasteiger charge is -2.30. The molecule has 4 rings (SSSR count). The Morgan fingerprint density at radius 1 is 0.933 bits per heavy atom. The van der Waals surface area contributed by atoms with Crippen LogP contribution in [0, 0.1) is 20.2 Å². The molecular weight excluding hydrogens is 394 g/mol. The second kappa shape index (κ2) is 6.92. The number of hydrogen-bond donors (Lipinski definition) is 1. The van der Waals surface area contributed by atoms with Gasteiger partial charge in [-0.15, -0.1) is 0 Å². The minimum absolute atomic E-state index is 0.0934. The lowest BCUT2D eigenvalue weighted by molar-refractivity contribution is -0.433. The van der Waals surface area contributed by atoms with Crippen molar-refractivity contribution in [2.75, 3.05) is 7.05 Å². The van der Waals surface area contributed by atoms with Crippen LogP contribution in [0.25, 0.3) is 0 Å². The van der Waals surface area contributed by atoms with Crippen LogP contribution >= 0.6 is 0 Å². The Hall–Kier alpha value is -4.34. The molecule has 0 saturated heterocycles. The lowest BCUT2D eigenvalue weighted by Crippen LogP contribution is -2.35. The maximum atomic E-state index is 13.3. The third-order valence-corrected chi connectivity index (χ3v) is 4.95. The van der Waals surface area contributed by atoms with E-state index in [9.17, 15) is 29.8 Å². The quantitative estimate of drug-likeness (QED) is 0.602. The molecule has 0 saturated carbocycles. The summed E-state index contributed by atoms with van der Waals surface area (Å²) in [5.74, 6) is -3.17. The molecule has 2 aromatic rings. The number of hydrogen-bond acceptors (Lipinski definition) is 8. The van der Waals surface area contributed by atoms with E-state index in [-0.39, 0.29) is 39.6 Å². The number of carbonyl (C=O) groups excluding carboxylic acids is 2. The molecule has 0 fully saturated rings. The Balaban J connectivity index is 2.01. The largest absolute Gasteiger partial charge is 0.431 e. The predicted molar refractivity (Wildman–Crippen MR) is 102 cm³/mol. The van der Waals surface area contributed by atoms with Gasteiger partial charge in [0.1, 0.15) is 5.92 Å². The average Bonchev–Trinajstić information content (AvgIpc) is 2.75. The highest BCUT2D eigenvalue weighted by Gasteiger charge is 2.48. The fourth-order valence-electron chi connectivity index (χ4n) is 3.67. The number of benzene rings is 2. The highest BCUT2D eigenvalue weighted by molar-refractivity contribution is 6.27. The van der Waals surface area contributed by atoms with Crippen molar-refractivity contribution in [3.63, 3.8) is 0 Å². The fraction of sp³-hybridized carbons (Fsp3) is 0.100. The lowest BCUT2D eigenvalue weighted by atomic mass is 9.77. The molecule has 1 N–H and O–H groups in total. The van der Waals surface area contributed by atoms with E-state index in [1.54, 1.807) is 12.1 Å². The highest BCUT2D eigenvalue weighted by Crippen LogP contribution is 2.45. The van der Waals surface area contributed by atoms with Crippen molar-refractivity contribution in [3.8, 4) is 0 Å². The van der Waals surface area contributed by atoms with Crippen molar-refractivity contribution in [1.82, 2.24) is 5.32 Å². The van der Waals surface area contributed by atoms with Crippen molar-refractivity contribution in [3.05, 3.63) is 108 Å². The molecule has 2 aromatic carbocycles. The Kier molecular flexibility index (Phi) is 4.38. The average molecular weight is 407 g/mol. The van der Waals surface area contributed by atoms with Crippen molar-refractivity contribution in [2.24, 2.45) is 0 Å². The van der Waals surface area contributed by atoms with Gasteiger partial charge in [0.25, 0.3) is 11.6 Å². The molecule has 0 radical (unpaired) electrons. The van der Waals surface area contributed by atoms with Crippen LogP contribution in [0.1, 0.15) is 32.2 Å². The Labute approximate surface area is 168 Å². The van der Waals surface area contributed by atoms with Gasteiger partial charge in [-0.25, -0.2) is 0 Å². The molecule has 10 nitrogen and oxygen atoms in total. The molecule has 0 bridgehead atoms. The van der Waals surface area contributed by atoms with Crippen molar-refractivity contribution < 1.29 is 24.2 Å². The molecule has 150 valence electrons. The molecule has 10 heteroatoms. The van der Waals surface area contributed by atoms with Gasteiger partial charge < -0.3 is 10.1 Å². The molecular formula is C20H13N3O7. The second-order valence-corrected chi connectivity index (χ2v) is 6.56. The smallest absolute Gasteiger partial charge is 0.317 e. The topological polar surface area (TPSA) is 142 Å². The normalized spacial score (nSPS) is 17.8. The summed E-state index contributed by atoms with van der Waals surface area (Å²) in [6, 6.07) is 11.3. The van der Waals surface area contributed by atoms with Crippen molar-refractivity contribution in [2.45, 2.75) is 5.92 Å². The van der Waals surface area contributed by atoms with Crippen molar-refractivity contribution >= 4 is 17.3 Å². The van der Waals surface area contributed by atoms with Gasteiger partial charge in [0, 0.05) is 30.3 Å². The van der Waals surface area contributed by atoms with E-state index in [1.165, 1.54) is 37.4 Å². The molecule has 1 unspecified atom stereocenters. The number of ether oxygens (including phenoxy) is 1. The molecule has 1 aliphatic heterocycles. The van der Waals surface area contributed by atoms with Crippen LogP contribution < -0.4 is 5.32 Å². The number of nitro benzene ring substituents is 1. The number of nitro groups is 2. The van der Waals surface area contributed by atoms with Gasteiger partial charge in [-0.05, 0) is 5.56 Å². The summed E-state index contributed by atoms with van der Waals surface area (Å²) < 4.78 is 5.48. The number of fused-ring (bicyclic) bond motifs is 1. The zero-order chi connectivity index (χ0) is 21.6. The number of non-ortho nitro benzene ring substituents is 1. The number of nitrogens with one attached hydrogen (secondary N) is 1. The number of allylic oxidation sites excluding steroid dienone is 2. The maximum Gasteiger partial charge on any atom is 0.317 e. The van der Waals surface area contributed by atoms with Gasteiger partial charge in [-0.1, -0.05) is 36.4 Å². The van der Waals surface area contributed by atoms with Gasteiger partial charge in [0.15, 0.2) is 11.5 Å². The van der Waals surface area contributed by atoms with Gasteiger partial charge in [-0.3, -0.25) is 29.8 Å². The number of Topliss-reactive ketones (excluding diaryl/α,β-unsaturated/α-hetero) is 2. The number of ketones is 2. The van der Waals surface area contributed by atoms with Gasteiger partial charge >= 0.3 is 5.70 Å². The Bertz CT molecular complexity index is 1210. The fourth-order valence-corrected chi connectivity index (χ4v) is 3.67. The molecule has 0 aromatic heterocycles. The summed E-state index contributed by atoms with van der Waals surface area (Å²) in [5, 5.41) is 25.7. The molecule has 1 atom stereocenters. The summed E-state index contributed by atoms with van der Waals surface area (Å²) in [4.78, 5) is 48.1. The SMILES string of the molecule is CNC1=C([N+](=O)[O-])C(c2cccc([N+](=O)[O-])c2)C2=C(O1)C(=O)c1ccccc1C2=O. The third-order valence-electron chi connectivity index (χ3n) is 4.95. The summed E-state index contributed by atoms with van der Waals surface area (Å²) in [5.41, 5.74) is -0.693. The van der Waals surface area contributed by atoms with E-state index in [2.05, 4.69) is 5.32 Å². The minimum Gasteiger partial charge on any atom is -0.431 e. The number of carbonyl (C=O) groups is 2. The molecule has 30 heavy (non-hydrogen) atoms. The molecule has 2 aliphatic rings. The summed E-state index contributed by atoms with van der Waals surface area (Å²) in [7, 11) is 1.37. The Morgan fingerprint density at radius 3 is 2.20 bits per heavy atom. The maximum absolute atomic E-state index is 13.3. The van der Waals surface area contributed by atoms with E-state index < -0.39 is 33.0 Å². The van der Waals surface area contributed by atoms with E-state index in [4.69, 9.17) is 4.74 Å². The van der Waals surface area contributed by atoms with Crippen LogP contribution in [-0.2, 0) is 4.74 Å². The minimum atomic E-state index is -1.34. The standard InChI is InChI=1S/C20H13N3O7/c1-21-20-16(23(28)29)14(10-5-4-6-11(9-10)22(26)27)15-17(24)12-7-2-3-8-13(12)18(25)19(15)30-20/h2-9,14,21H,1H3. The van der Waals surface area contributed by atoms with E-state index in [1.807, 2.05) is 0 Å². The van der Waals surface area contributed by atoms with E-state index in [0.29, 0.717) is 0 Å². The van der Waals surface area contributed by atoms with Crippen LogP contribution in [0.2, 0.25) is 0 Å². The van der Waals surface area contributed by atoms with E-state index >= 15 is 0 Å². The van der Waals surface area contributed by atoms with Crippen molar-refractivity contribution in [1.29, 1.82) is 0 Å². The Morgan fingerprint density at radius 2 is 1.60 bits per heavy atom. The molecule has 0 amide bonds. The van der Waals surface area contributed by atoms with Gasteiger partial charge in [0.05, 0.1) is 15.4 Å². The summed E-state index contributed by atoms with van der Waals surface area (Å²) >= 11 is 0. The molecule has 1 aliphatic carbocycles. The van der Waals surface area contributed by atoms with E-state index in [0.717, 1.165) is 6.07 Å². The van der Waals surface area contributed by atoms with Crippen LogP contribution in [0.4, 0.5) is 5.69 Å². The molecule has 1 heterocycles. The first-order valence-corrected chi connectivity index (χ1v) is 8.76. The monoisotopic (exact) mass is 407 g/mol. The number of nitrogens with zero attached hydrogens (tertiary/aromatic N) is 2. The van der Waals surface area contributed by atoms with Gasteiger partial charge in [0.2, 0.25) is 5.78 Å². The van der Waals surface area contributed by atoms with Gasteiger partial charge in [-0.2, -0.15) is 0 Å². The predicted octanol–water partition coefficient (Wildman–Crippen LogP) is 2.71. The number of rotatable bonds is 4. The first-order chi connectivity index (χ1) is 14.3.